The molecule has 7 aromatic carbocycles. The van der Waals surface area contributed by atoms with Crippen molar-refractivity contribution in [1.29, 1.82) is 0 Å². The fourth-order valence-electron chi connectivity index (χ4n) is 7.90. The summed E-state index contributed by atoms with van der Waals surface area (Å²) in [7, 11) is 0. The van der Waals surface area contributed by atoms with Crippen molar-refractivity contribution < 1.29 is 0 Å². The van der Waals surface area contributed by atoms with Crippen LogP contribution in [0.5, 0.6) is 0 Å². The van der Waals surface area contributed by atoms with Crippen LogP contribution >= 0.6 is 0 Å². The smallest absolute Gasteiger partial charge is 0.146 e. The predicted octanol–water partition coefficient (Wildman–Crippen LogP) is 10.7. The monoisotopic (exact) mass is 584 g/mol. The van der Waals surface area contributed by atoms with Gasteiger partial charge >= 0.3 is 0 Å². The number of aromatic nitrogens is 4. The molecule has 0 bridgehead atoms. The highest BCUT2D eigenvalue weighted by Gasteiger charge is 2.19. The summed E-state index contributed by atoms with van der Waals surface area (Å²) >= 11 is 0. The Labute approximate surface area is 262 Å². The normalized spacial score (nSPS) is 12.3. The Balaban J connectivity index is 1.25. The topological polar surface area (TPSA) is 34.6 Å². The summed E-state index contributed by atoms with van der Waals surface area (Å²) in [6, 6.07) is 52.3. The summed E-state index contributed by atoms with van der Waals surface area (Å²) < 4.78 is 4.64. The molecule has 0 saturated carbocycles. The van der Waals surface area contributed by atoms with Crippen molar-refractivity contribution in [1.82, 2.24) is 18.8 Å². The Bertz CT molecular complexity index is 3090. The lowest BCUT2D eigenvalue weighted by molar-refractivity contribution is 1.31. The number of benzene rings is 7. The van der Waals surface area contributed by atoms with E-state index in [2.05, 4.69) is 154 Å². The van der Waals surface area contributed by atoms with Crippen LogP contribution in [-0.2, 0) is 0 Å². The van der Waals surface area contributed by atoms with E-state index in [4.69, 9.17) is 9.97 Å². The first-order chi connectivity index (χ1) is 22.8. The third kappa shape index (κ3) is 3.03. The van der Waals surface area contributed by atoms with E-state index in [1.165, 1.54) is 48.8 Å². The molecule has 11 aromatic rings. The lowest BCUT2D eigenvalue weighted by Crippen LogP contribution is -1.93. The first-order valence-corrected chi connectivity index (χ1v) is 15.7. The van der Waals surface area contributed by atoms with E-state index in [1.807, 2.05) is 0 Å². The zero-order valence-electron chi connectivity index (χ0n) is 24.6. The summed E-state index contributed by atoms with van der Waals surface area (Å²) in [5.41, 5.74) is 10.8. The zero-order valence-corrected chi connectivity index (χ0v) is 24.6. The quantitative estimate of drug-likeness (QED) is 0.180. The van der Waals surface area contributed by atoms with Gasteiger partial charge in [-0.3, -0.25) is 8.80 Å². The van der Waals surface area contributed by atoms with E-state index >= 15 is 0 Å². The molecule has 0 aliphatic rings. The van der Waals surface area contributed by atoms with E-state index in [1.54, 1.807) is 0 Å². The molecule has 4 heteroatoms. The van der Waals surface area contributed by atoms with E-state index in [0.717, 1.165) is 49.8 Å². The molecular weight excluding hydrogens is 560 g/mol. The van der Waals surface area contributed by atoms with Crippen molar-refractivity contribution in [3.8, 4) is 11.1 Å². The second-order valence-corrected chi connectivity index (χ2v) is 12.2. The highest BCUT2D eigenvalue weighted by molar-refractivity contribution is 6.24. The molecule has 0 atom stereocenters. The Hall–Kier alpha value is -6.26. The predicted molar refractivity (Wildman–Crippen MR) is 192 cm³/mol. The van der Waals surface area contributed by atoms with Crippen molar-refractivity contribution in [2.75, 3.05) is 0 Å². The highest BCUT2D eigenvalue weighted by atomic mass is 15.0. The van der Waals surface area contributed by atoms with Crippen LogP contribution < -0.4 is 0 Å². The van der Waals surface area contributed by atoms with Crippen molar-refractivity contribution >= 4 is 87.5 Å². The van der Waals surface area contributed by atoms with E-state index in [0.29, 0.717) is 0 Å². The van der Waals surface area contributed by atoms with Crippen LogP contribution in [0, 0.1) is 0 Å². The molecule has 0 fully saturated rings. The molecular formula is C42H24N4. The third-order valence-electron chi connectivity index (χ3n) is 9.83. The number of hydrogen-bond donors (Lipinski definition) is 0. The molecule has 4 aromatic heterocycles. The number of rotatable bonds is 1. The van der Waals surface area contributed by atoms with Gasteiger partial charge in [0, 0.05) is 32.3 Å². The van der Waals surface area contributed by atoms with E-state index in [9.17, 15) is 0 Å². The van der Waals surface area contributed by atoms with E-state index < -0.39 is 0 Å². The molecule has 4 nitrogen and oxygen atoms in total. The molecule has 212 valence electrons. The van der Waals surface area contributed by atoms with Gasteiger partial charge in [-0.1, -0.05) is 103 Å². The van der Waals surface area contributed by atoms with Gasteiger partial charge in [0.05, 0.1) is 33.1 Å². The van der Waals surface area contributed by atoms with E-state index in [-0.39, 0.29) is 0 Å². The van der Waals surface area contributed by atoms with Gasteiger partial charge in [0.25, 0.3) is 0 Å². The van der Waals surface area contributed by atoms with Gasteiger partial charge in [-0.05, 0) is 64.4 Å². The van der Waals surface area contributed by atoms with Crippen molar-refractivity contribution in [2.24, 2.45) is 0 Å². The number of nitrogens with zero attached hydrogens (tertiary/aromatic N) is 4. The van der Waals surface area contributed by atoms with Crippen molar-refractivity contribution in [3.05, 3.63) is 146 Å². The summed E-state index contributed by atoms with van der Waals surface area (Å²) in [5.74, 6) is 0. The summed E-state index contributed by atoms with van der Waals surface area (Å²) in [5, 5.41) is 9.73. The van der Waals surface area contributed by atoms with Crippen LogP contribution in [0.4, 0.5) is 0 Å². The lowest BCUT2D eigenvalue weighted by atomic mass is 9.95. The number of para-hydroxylation sites is 4. The fraction of sp³-hybridized carbons (Fsp3) is 0. The molecule has 0 unspecified atom stereocenters. The maximum absolute atomic E-state index is 5.35. The van der Waals surface area contributed by atoms with Gasteiger partial charge < -0.3 is 0 Å². The van der Waals surface area contributed by atoms with Crippen molar-refractivity contribution in [3.63, 3.8) is 0 Å². The van der Waals surface area contributed by atoms with Gasteiger partial charge in [-0.2, -0.15) is 0 Å². The second-order valence-electron chi connectivity index (χ2n) is 12.2. The molecule has 0 N–H and O–H groups in total. The number of hydrogen-bond acceptors (Lipinski definition) is 2. The Morgan fingerprint density at radius 2 is 0.957 bits per heavy atom. The van der Waals surface area contributed by atoms with Gasteiger partial charge in [0.2, 0.25) is 0 Å². The minimum Gasteiger partial charge on any atom is -0.292 e. The average molecular weight is 585 g/mol. The fourth-order valence-corrected chi connectivity index (χ4v) is 7.90. The first-order valence-electron chi connectivity index (χ1n) is 15.7. The first kappa shape index (κ1) is 24.1. The Morgan fingerprint density at radius 1 is 0.370 bits per heavy atom. The largest absolute Gasteiger partial charge is 0.292 e. The van der Waals surface area contributed by atoms with Crippen LogP contribution in [0.1, 0.15) is 0 Å². The zero-order chi connectivity index (χ0) is 29.9. The van der Waals surface area contributed by atoms with Crippen LogP contribution in [0.25, 0.3) is 98.6 Å². The maximum Gasteiger partial charge on any atom is 0.146 e. The summed E-state index contributed by atoms with van der Waals surface area (Å²) in [6.07, 6.45) is 0. The van der Waals surface area contributed by atoms with Gasteiger partial charge in [0.1, 0.15) is 11.3 Å². The van der Waals surface area contributed by atoms with Crippen LogP contribution in [0.3, 0.4) is 0 Å². The third-order valence-corrected chi connectivity index (χ3v) is 9.83. The molecule has 46 heavy (non-hydrogen) atoms. The van der Waals surface area contributed by atoms with Crippen LogP contribution in [-0.4, -0.2) is 18.8 Å². The molecule has 0 radical (unpaired) electrons. The van der Waals surface area contributed by atoms with Crippen LogP contribution in [0.15, 0.2) is 146 Å². The molecule has 0 spiro atoms. The molecule has 0 saturated heterocycles. The number of pyridine rings is 2. The molecule has 11 rings (SSSR count). The van der Waals surface area contributed by atoms with Gasteiger partial charge in [-0.15, -0.1) is 0 Å². The van der Waals surface area contributed by atoms with Crippen LogP contribution in [0.2, 0.25) is 0 Å². The number of imidazole rings is 2. The second kappa shape index (κ2) is 8.68. The number of fused-ring (bicyclic) bond motifs is 18. The standard InChI is InChI=1S/C42H24N4/c1-2-11-27-25(10-1)20-22-32-39(27)29-12-3-7-18-36(29)46-38-23-21-26(24-34(38)44-42(32)46)28-14-9-15-31-40(28)30-13-4-6-17-35(30)45-37-19-8-5-16-33(37)43-41(31)45/h1-24H. The Morgan fingerprint density at radius 3 is 1.76 bits per heavy atom. The Kier molecular flexibility index (Phi) is 4.55. The van der Waals surface area contributed by atoms with Crippen molar-refractivity contribution in [2.45, 2.75) is 0 Å². The maximum atomic E-state index is 5.35. The van der Waals surface area contributed by atoms with Gasteiger partial charge in [-0.25, -0.2) is 9.97 Å². The molecule has 4 heterocycles. The minimum atomic E-state index is 0.982. The van der Waals surface area contributed by atoms with Gasteiger partial charge in [0.15, 0.2) is 0 Å². The highest BCUT2D eigenvalue weighted by Crippen LogP contribution is 2.40. The molecule has 0 amide bonds. The summed E-state index contributed by atoms with van der Waals surface area (Å²) in [6.45, 7) is 0. The minimum absolute atomic E-state index is 0.982. The summed E-state index contributed by atoms with van der Waals surface area (Å²) in [4.78, 5) is 10.5. The molecule has 0 aliphatic carbocycles. The lowest BCUT2D eigenvalue weighted by Gasteiger charge is -2.13. The average Bonchev–Trinajstić information content (AvgIpc) is 3.71. The molecule has 0 aliphatic heterocycles. The SMILES string of the molecule is c1ccc2c(c1)ccc1c2c2ccccc2n2c3ccc(-c4cccc5c4c4ccccc4n4c6ccccc6nc54)cc3nc12.